The topological polar surface area (TPSA) is 9.23 Å². The summed E-state index contributed by atoms with van der Waals surface area (Å²) < 4.78 is 78.3. The largest absolute Gasteiger partial charge is 0.469 e. The molecule has 0 aromatic rings. The van der Waals surface area contributed by atoms with Gasteiger partial charge in [0.1, 0.15) is 0 Å². The number of halogens is 6. The lowest BCUT2D eigenvalue weighted by Crippen LogP contribution is -2.08. The molecular formula is C11H16F6O. The van der Waals surface area contributed by atoms with Crippen molar-refractivity contribution in [2.24, 2.45) is 0 Å². The van der Waals surface area contributed by atoms with E-state index in [4.69, 9.17) is 0 Å². The minimum atomic E-state index is -4.31. The van der Waals surface area contributed by atoms with Crippen molar-refractivity contribution in [3.05, 3.63) is 11.8 Å². The fraction of sp³-hybridized carbons (Fsp3) is 0.818. The van der Waals surface area contributed by atoms with Gasteiger partial charge in [0.25, 0.3) is 0 Å². The van der Waals surface area contributed by atoms with Gasteiger partial charge in [-0.3, -0.25) is 0 Å². The van der Waals surface area contributed by atoms with Crippen LogP contribution in [-0.2, 0) is 4.74 Å². The number of hydrogen-bond donors (Lipinski definition) is 0. The third-order valence-electron chi connectivity index (χ3n) is 2.06. The lowest BCUT2D eigenvalue weighted by Gasteiger charge is -2.09. The highest BCUT2D eigenvalue weighted by molar-refractivity contribution is 4.99. The second-order valence-corrected chi connectivity index (χ2v) is 3.80. The quantitative estimate of drug-likeness (QED) is 0.345. The van der Waals surface area contributed by atoms with Crippen LogP contribution in [0.1, 0.15) is 39.0 Å². The fourth-order valence-electron chi connectivity index (χ4n) is 1.16. The summed E-state index contributed by atoms with van der Waals surface area (Å²) >= 11 is 0. The summed E-state index contributed by atoms with van der Waals surface area (Å²) in [5.41, 5.74) is 0. The van der Waals surface area contributed by atoms with Crippen LogP contribution >= 0.6 is 0 Å². The molecule has 0 rings (SSSR count). The second kappa shape index (κ2) is 8.26. The van der Waals surface area contributed by atoms with Gasteiger partial charge >= 0.3 is 12.2 Å². The van der Waals surface area contributed by atoms with E-state index in [0.29, 0.717) is 6.42 Å². The maximum Gasteiger partial charge on any atom is 0.389 e. The van der Waals surface area contributed by atoms with E-state index in [1.807, 2.05) is 0 Å². The number of ether oxygens (including phenoxy) is 1. The molecule has 0 spiro atoms. The van der Waals surface area contributed by atoms with Crippen molar-refractivity contribution in [1.82, 2.24) is 0 Å². The Bertz CT molecular complexity index is 261. The smallest absolute Gasteiger partial charge is 0.389 e. The third-order valence-corrected chi connectivity index (χ3v) is 2.06. The van der Waals surface area contributed by atoms with Gasteiger partial charge in [0.05, 0.1) is 6.61 Å². The molecule has 0 fully saturated rings. The highest BCUT2D eigenvalue weighted by atomic mass is 19.4. The molecule has 0 radical (unpaired) electrons. The molecule has 0 aromatic heterocycles. The molecule has 0 aromatic carbocycles. The van der Waals surface area contributed by atoms with Crippen LogP contribution in [0.15, 0.2) is 11.8 Å². The predicted octanol–water partition coefficient (Wildman–Crippen LogP) is 4.98. The average molecular weight is 278 g/mol. The van der Waals surface area contributed by atoms with Crippen LogP contribution in [-0.4, -0.2) is 19.0 Å². The van der Waals surface area contributed by atoms with E-state index >= 15 is 0 Å². The van der Waals surface area contributed by atoms with Gasteiger partial charge in [0.15, 0.2) is 6.17 Å². The normalized spacial score (nSPS) is 15.3. The summed E-state index contributed by atoms with van der Waals surface area (Å²) in [6, 6.07) is -1.62. The van der Waals surface area contributed by atoms with Gasteiger partial charge in [-0.05, 0) is 25.7 Å². The first kappa shape index (κ1) is 17.1. The van der Waals surface area contributed by atoms with Crippen molar-refractivity contribution in [3.8, 4) is 0 Å². The standard InChI is InChI=1S/C11H16F6O/c1-2-7-18-10(14)9(13)8(12)5-3-4-6-11(15,16)17/h8H,2-7H2,1H3. The molecule has 0 saturated carbocycles. The number of rotatable bonds is 8. The summed E-state index contributed by atoms with van der Waals surface area (Å²) in [6.07, 6.45) is -8.16. The minimum Gasteiger partial charge on any atom is -0.469 e. The Morgan fingerprint density at radius 2 is 1.78 bits per heavy atom. The van der Waals surface area contributed by atoms with Gasteiger partial charge in [-0.25, -0.2) is 8.78 Å². The van der Waals surface area contributed by atoms with Crippen molar-refractivity contribution in [3.63, 3.8) is 0 Å². The summed E-state index contributed by atoms with van der Waals surface area (Å²) in [5, 5.41) is 0. The lowest BCUT2D eigenvalue weighted by atomic mass is 10.1. The third kappa shape index (κ3) is 8.25. The molecule has 108 valence electrons. The van der Waals surface area contributed by atoms with Crippen LogP contribution in [0.4, 0.5) is 26.3 Å². The molecule has 7 heteroatoms. The average Bonchev–Trinajstić information content (AvgIpc) is 2.29. The summed E-state index contributed by atoms with van der Waals surface area (Å²) in [6.45, 7) is 1.58. The molecule has 0 N–H and O–H groups in total. The number of hydrogen-bond acceptors (Lipinski definition) is 1. The molecule has 0 bridgehead atoms. The Kier molecular flexibility index (Phi) is 7.86. The van der Waals surface area contributed by atoms with Gasteiger partial charge in [0.2, 0.25) is 5.83 Å². The first-order valence-corrected chi connectivity index (χ1v) is 5.66. The summed E-state index contributed by atoms with van der Waals surface area (Å²) in [5.74, 6) is -1.68. The molecule has 0 saturated heterocycles. The number of alkyl halides is 4. The Morgan fingerprint density at radius 1 is 1.17 bits per heavy atom. The summed E-state index contributed by atoms with van der Waals surface area (Å²) in [7, 11) is 0. The molecular weight excluding hydrogens is 262 g/mol. The molecule has 0 amide bonds. The Balaban J connectivity index is 3.97. The van der Waals surface area contributed by atoms with Crippen molar-refractivity contribution < 1.29 is 31.1 Å². The van der Waals surface area contributed by atoms with Crippen molar-refractivity contribution in [2.75, 3.05) is 6.61 Å². The van der Waals surface area contributed by atoms with E-state index < -0.39 is 37.0 Å². The zero-order valence-electron chi connectivity index (χ0n) is 10.00. The van der Waals surface area contributed by atoms with Gasteiger partial charge in [0, 0.05) is 6.42 Å². The molecule has 1 unspecified atom stereocenters. The van der Waals surface area contributed by atoms with Gasteiger partial charge in [-0.2, -0.15) is 17.6 Å². The molecule has 0 aliphatic heterocycles. The highest BCUT2D eigenvalue weighted by Gasteiger charge is 2.26. The van der Waals surface area contributed by atoms with Crippen LogP contribution in [0.3, 0.4) is 0 Å². The van der Waals surface area contributed by atoms with E-state index in [9.17, 15) is 26.3 Å². The molecule has 0 aliphatic carbocycles. The van der Waals surface area contributed by atoms with Crippen molar-refractivity contribution >= 4 is 0 Å². The molecule has 18 heavy (non-hydrogen) atoms. The van der Waals surface area contributed by atoms with E-state index in [1.54, 1.807) is 6.92 Å². The first-order valence-electron chi connectivity index (χ1n) is 5.66. The second-order valence-electron chi connectivity index (χ2n) is 3.80. The van der Waals surface area contributed by atoms with E-state index in [2.05, 4.69) is 4.74 Å². The summed E-state index contributed by atoms with van der Waals surface area (Å²) in [4.78, 5) is 0. The van der Waals surface area contributed by atoms with Gasteiger partial charge in [-0.15, -0.1) is 0 Å². The molecule has 1 nitrogen and oxygen atoms in total. The predicted molar refractivity (Wildman–Crippen MR) is 54.9 cm³/mol. The van der Waals surface area contributed by atoms with E-state index in [0.717, 1.165) is 0 Å². The van der Waals surface area contributed by atoms with Crippen molar-refractivity contribution in [2.45, 2.75) is 51.4 Å². The van der Waals surface area contributed by atoms with Crippen LogP contribution < -0.4 is 0 Å². The highest BCUT2D eigenvalue weighted by Crippen LogP contribution is 2.25. The number of allylic oxidation sites excluding steroid dienone is 1. The Labute approximate surface area is 102 Å². The number of unbranched alkanes of at least 4 members (excludes halogenated alkanes) is 1. The monoisotopic (exact) mass is 278 g/mol. The zero-order valence-corrected chi connectivity index (χ0v) is 10.00. The van der Waals surface area contributed by atoms with E-state index in [-0.39, 0.29) is 19.4 Å². The van der Waals surface area contributed by atoms with Crippen LogP contribution in [0.2, 0.25) is 0 Å². The Morgan fingerprint density at radius 3 is 2.28 bits per heavy atom. The van der Waals surface area contributed by atoms with Gasteiger partial charge in [-0.1, -0.05) is 6.92 Å². The maximum atomic E-state index is 13.1. The molecule has 0 aliphatic rings. The van der Waals surface area contributed by atoms with Crippen molar-refractivity contribution in [1.29, 1.82) is 0 Å². The zero-order chi connectivity index (χ0) is 14.2. The SMILES string of the molecule is CCCOC(F)=C(F)C(F)CCCCC(F)(F)F. The van der Waals surface area contributed by atoms with Crippen LogP contribution in [0.25, 0.3) is 0 Å². The lowest BCUT2D eigenvalue weighted by molar-refractivity contribution is -0.135. The van der Waals surface area contributed by atoms with E-state index in [1.165, 1.54) is 0 Å². The first-order chi connectivity index (χ1) is 8.28. The minimum absolute atomic E-state index is 0.0833. The maximum absolute atomic E-state index is 13.1. The molecule has 1 atom stereocenters. The Hall–Kier alpha value is -0.880. The van der Waals surface area contributed by atoms with Crippen LogP contribution in [0, 0.1) is 0 Å². The molecule has 0 heterocycles. The van der Waals surface area contributed by atoms with Gasteiger partial charge < -0.3 is 4.74 Å². The fourth-order valence-corrected chi connectivity index (χ4v) is 1.16. The van der Waals surface area contributed by atoms with Crippen LogP contribution in [0.5, 0.6) is 0 Å².